The fraction of sp³-hybridized carbons (Fsp3) is 0.733. The monoisotopic (exact) mass is 745 g/mol. The van der Waals surface area contributed by atoms with E-state index in [1.54, 1.807) is 12.1 Å². The van der Waals surface area contributed by atoms with Gasteiger partial charge >= 0.3 is 0 Å². The Morgan fingerprint density at radius 3 is 0.887 bits per heavy atom. The lowest BCUT2D eigenvalue weighted by atomic mass is 9.75. The quantitative estimate of drug-likeness (QED) is 0.0715. The normalized spacial score (nSPS) is 11.5. The van der Waals surface area contributed by atoms with E-state index in [0.29, 0.717) is 74.1 Å². The zero-order valence-corrected chi connectivity index (χ0v) is 35.0. The maximum absolute atomic E-state index is 11.6. The largest absolute Gasteiger partial charge is 0.504 e. The van der Waals surface area contributed by atoms with Crippen LogP contribution in [0, 0.1) is 0 Å². The van der Waals surface area contributed by atoms with Gasteiger partial charge in [0, 0.05) is 17.5 Å². The summed E-state index contributed by atoms with van der Waals surface area (Å²) in [6, 6.07) is 3.37. The predicted molar refractivity (Wildman–Crippen MR) is 218 cm³/mol. The lowest BCUT2D eigenvalue weighted by Gasteiger charge is -2.34. The highest BCUT2D eigenvalue weighted by molar-refractivity contribution is 5.71. The maximum atomic E-state index is 11.6. The molecule has 0 aliphatic carbocycles. The summed E-state index contributed by atoms with van der Waals surface area (Å²) in [6.45, 7) is 20.0. The van der Waals surface area contributed by atoms with E-state index < -0.39 is 5.41 Å². The van der Waals surface area contributed by atoms with Crippen LogP contribution in [0.5, 0.6) is 46.0 Å². The molecule has 8 nitrogen and oxygen atoms in total. The topological polar surface area (TPSA) is 95.8 Å². The van der Waals surface area contributed by atoms with Crippen LogP contribution in [0.25, 0.3) is 0 Å². The molecule has 2 N–H and O–H groups in total. The number of phenols is 2. The molecule has 0 unspecified atom stereocenters. The molecular weight excluding hydrogens is 668 g/mol. The van der Waals surface area contributed by atoms with Crippen LogP contribution in [0.3, 0.4) is 0 Å². The maximum Gasteiger partial charge on any atom is 0.203 e. The molecular formula is C45H76O8. The average Bonchev–Trinajstić information content (AvgIpc) is 3.13. The SMILES string of the molecule is CCCCCOc1cc(O)c(OCCCCC)c(OCCCCC)c1C(C)(C)c1c(OCCCCC)cc(O)c(OCCCCC)c1OCCCCC. The van der Waals surface area contributed by atoms with Crippen molar-refractivity contribution in [2.75, 3.05) is 39.6 Å². The van der Waals surface area contributed by atoms with Gasteiger partial charge in [0.1, 0.15) is 11.5 Å². The molecule has 53 heavy (non-hydrogen) atoms. The van der Waals surface area contributed by atoms with E-state index in [4.69, 9.17) is 28.4 Å². The number of ether oxygens (including phenoxy) is 6. The number of phenolic OH excluding ortho intramolecular Hbond substituents is 2. The molecule has 0 amide bonds. The number of hydrogen-bond donors (Lipinski definition) is 2. The summed E-state index contributed by atoms with van der Waals surface area (Å²) in [5.74, 6) is 2.65. The fourth-order valence-corrected chi connectivity index (χ4v) is 6.47. The average molecular weight is 745 g/mol. The van der Waals surface area contributed by atoms with Crippen LogP contribution in [-0.2, 0) is 5.41 Å². The summed E-state index contributed by atoms with van der Waals surface area (Å²) in [5, 5.41) is 23.1. The molecule has 0 fully saturated rings. The second kappa shape index (κ2) is 26.6. The number of unbranched alkanes of at least 4 members (excludes halogenated alkanes) is 12. The van der Waals surface area contributed by atoms with E-state index in [-0.39, 0.29) is 11.5 Å². The van der Waals surface area contributed by atoms with Crippen molar-refractivity contribution in [1.29, 1.82) is 0 Å². The molecule has 8 heteroatoms. The van der Waals surface area contributed by atoms with Crippen LogP contribution in [-0.4, -0.2) is 49.9 Å². The minimum Gasteiger partial charge on any atom is -0.504 e. The lowest BCUT2D eigenvalue weighted by Crippen LogP contribution is -2.25. The number of aromatic hydroxyl groups is 2. The Kier molecular flexibility index (Phi) is 23.1. The van der Waals surface area contributed by atoms with E-state index >= 15 is 0 Å². The van der Waals surface area contributed by atoms with Gasteiger partial charge in [0.15, 0.2) is 23.0 Å². The summed E-state index contributed by atoms with van der Waals surface area (Å²) in [7, 11) is 0. The molecule has 0 saturated carbocycles. The van der Waals surface area contributed by atoms with Gasteiger partial charge in [0.25, 0.3) is 0 Å². The molecule has 304 valence electrons. The molecule has 2 aromatic carbocycles. The first-order valence-corrected chi connectivity index (χ1v) is 21.3. The highest BCUT2D eigenvalue weighted by atomic mass is 16.5. The summed E-state index contributed by atoms with van der Waals surface area (Å²) in [5.41, 5.74) is 0.589. The highest BCUT2D eigenvalue weighted by Crippen LogP contribution is 2.57. The fourth-order valence-electron chi connectivity index (χ4n) is 6.47. The van der Waals surface area contributed by atoms with Gasteiger partial charge in [-0.1, -0.05) is 132 Å². The molecule has 0 saturated heterocycles. The Morgan fingerprint density at radius 1 is 0.377 bits per heavy atom. The second-order valence-electron chi connectivity index (χ2n) is 14.8. The number of hydrogen-bond acceptors (Lipinski definition) is 8. The lowest BCUT2D eigenvalue weighted by molar-refractivity contribution is 0.231. The van der Waals surface area contributed by atoms with E-state index in [9.17, 15) is 10.2 Å². The Balaban J connectivity index is 3.00. The first-order valence-electron chi connectivity index (χ1n) is 21.3. The van der Waals surface area contributed by atoms with Crippen molar-refractivity contribution in [3.05, 3.63) is 23.3 Å². The molecule has 0 aliphatic rings. The third-order valence-electron chi connectivity index (χ3n) is 9.60. The van der Waals surface area contributed by atoms with Crippen molar-refractivity contribution in [3.8, 4) is 46.0 Å². The number of rotatable bonds is 32. The highest BCUT2D eigenvalue weighted by Gasteiger charge is 2.41. The molecule has 2 aromatic rings. The molecule has 0 heterocycles. The van der Waals surface area contributed by atoms with Crippen LogP contribution in [0.1, 0.15) is 182 Å². The molecule has 0 aliphatic heterocycles. The van der Waals surface area contributed by atoms with Gasteiger partial charge in [-0.3, -0.25) is 0 Å². The molecule has 0 spiro atoms. The van der Waals surface area contributed by atoms with Crippen LogP contribution in [0.2, 0.25) is 0 Å². The van der Waals surface area contributed by atoms with Crippen molar-refractivity contribution in [2.24, 2.45) is 0 Å². The first-order chi connectivity index (χ1) is 25.7. The van der Waals surface area contributed by atoms with E-state index in [1.807, 2.05) is 0 Å². The molecule has 2 rings (SSSR count). The van der Waals surface area contributed by atoms with Crippen molar-refractivity contribution >= 4 is 0 Å². The second-order valence-corrected chi connectivity index (χ2v) is 14.8. The molecule has 0 aromatic heterocycles. The van der Waals surface area contributed by atoms with E-state index in [1.165, 1.54) is 0 Å². The Hall–Kier alpha value is -3.16. The molecule has 0 radical (unpaired) electrons. The van der Waals surface area contributed by atoms with Gasteiger partial charge in [-0.15, -0.1) is 0 Å². The number of benzene rings is 2. The van der Waals surface area contributed by atoms with Crippen LogP contribution in [0.15, 0.2) is 12.1 Å². The van der Waals surface area contributed by atoms with Gasteiger partial charge < -0.3 is 38.6 Å². The van der Waals surface area contributed by atoms with Gasteiger partial charge in [-0.2, -0.15) is 0 Å². The molecule has 0 bridgehead atoms. The van der Waals surface area contributed by atoms with Gasteiger partial charge in [0.2, 0.25) is 11.5 Å². The minimum absolute atomic E-state index is 0.00485. The van der Waals surface area contributed by atoms with Crippen LogP contribution in [0.4, 0.5) is 0 Å². The van der Waals surface area contributed by atoms with Gasteiger partial charge in [-0.05, 0) is 38.5 Å². The predicted octanol–water partition coefficient (Wildman–Crippen LogP) is 12.8. The van der Waals surface area contributed by atoms with E-state index in [0.717, 1.165) is 127 Å². The van der Waals surface area contributed by atoms with Gasteiger partial charge in [0.05, 0.1) is 50.8 Å². The van der Waals surface area contributed by atoms with Crippen molar-refractivity contribution in [2.45, 2.75) is 176 Å². The summed E-state index contributed by atoms with van der Waals surface area (Å²) in [6.07, 6.45) is 17.7. The standard InChI is InChI=1S/C45H76O8/c1-9-15-21-27-48-37-33-35(46)41(50-29-23-17-11-3)43(52-31-25-19-13-5)39(37)45(7,8)40-38(49-28-22-16-10-2)34-36(47)42(51-30-24-18-12-4)44(40)53-32-26-20-14-6/h33-34,46-47H,9-32H2,1-8H3. The summed E-state index contributed by atoms with van der Waals surface area (Å²) in [4.78, 5) is 0. The molecule has 0 atom stereocenters. The van der Waals surface area contributed by atoms with Crippen molar-refractivity contribution < 1.29 is 38.6 Å². The summed E-state index contributed by atoms with van der Waals surface area (Å²) >= 11 is 0. The Bertz CT molecular complexity index is 1180. The third-order valence-corrected chi connectivity index (χ3v) is 9.60. The summed E-state index contributed by atoms with van der Waals surface area (Å²) < 4.78 is 39.4. The minimum atomic E-state index is -0.898. The van der Waals surface area contributed by atoms with E-state index in [2.05, 4.69) is 55.4 Å². The Labute approximate surface area is 323 Å². The Morgan fingerprint density at radius 2 is 0.623 bits per heavy atom. The van der Waals surface area contributed by atoms with Crippen LogP contribution >= 0.6 is 0 Å². The van der Waals surface area contributed by atoms with Crippen LogP contribution < -0.4 is 28.4 Å². The van der Waals surface area contributed by atoms with Crippen molar-refractivity contribution in [1.82, 2.24) is 0 Å². The smallest absolute Gasteiger partial charge is 0.203 e. The van der Waals surface area contributed by atoms with Crippen molar-refractivity contribution in [3.63, 3.8) is 0 Å². The first kappa shape index (κ1) is 46.0. The third kappa shape index (κ3) is 14.9. The zero-order valence-electron chi connectivity index (χ0n) is 35.0. The van der Waals surface area contributed by atoms with Gasteiger partial charge in [-0.25, -0.2) is 0 Å². The zero-order chi connectivity index (χ0) is 38.9.